The molecule has 0 amide bonds. The predicted molar refractivity (Wildman–Crippen MR) is 82.9 cm³/mol. The fourth-order valence-electron chi connectivity index (χ4n) is 1.94. The fourth-order valence-corrected chi connectivity index (χ4v) is 2.35. The molecule has 0 fully saturated rings. The number of benzene rings is 2. The molecule has 21 heavy (non-hydrogen) atoms. The van der Waals surface area contributed by atoms with E-state index in [2.05, 4.69) is 15.9 Å². The molecule has 0 spiro atoms. The number of nitro groups is 1. The van der Waals surface area contributed by atoms with Gasteiger partial charge in [0.05, 0.1) is 12.0 Å². The van der Waals surface area contributed by atoms with Crippen LogP contribution in [0.1, 0.15) is 11.1 Å². The van der Waals surface area contributed by atoms with Gasteiger partial charge in [-0.15, -0.1) is 0 Å². The third kappa shape index (κ3) is 3.72. The van der Waals surface area contributed by atoms with E-state index in [0.717, 1.165) is 15.8 Å². The minimum atomic E-state index is -0.406. The van der Waals surface area contributed by atoms with Crippen molar-refractivity contribution in [3.8, 4) is 11.5 Å². The predicted octanol–water partition coefficient (Wildman–Crippen LogP) is 4.25. The van der Waals surface area contributed by atoms with Gasteiger partial charge in [0.2, 0.25) is 0 Å². The first-order chi connectivity index (χ1) is 10.0. The highest BCUT2D eigenvalue weighted by Crippen LogP contribution is 2.27. The van der Waals surface area contributed by atoms with Gasteiger partial charge in [-0.25, -0.2) is 0 Å². The minimum Gasteiger partial charge on any atom is -0.496 e. The van der Waals surface area contributed by atoms with Crippen molar-refractivity contribution in [3.05, 3.63) is 62.1 Å². The van der Waals surface area contributed by atoms with Crippen LogP contribution in [0.25, 0.3) is 0 Å². The van der Waals surface area contributed by atoms with Gasteiger partial charge < -0.3 is 9.47 Å². The first kappa shape index (κ1) is 15.3. The lowest BCUT2D eigenvalue weighted by atomic mass is 10.2. The summed E-state index contributed by atoms with van der Waals surface area (Å²) in [4.78, 5) is 10.4. The molecule has 6 heteroatoms. The second-order valence-electron chi connectivity index (χ2n) is 4.45. The average molecular weight is 352 g/mol. The summed E-state index contributed by atoms with van der Waals surface area (Å²) in [5.74, 6) is 1.32. The lowest BCUT2D eigenvalue weighted by molar-refractivity contribution is -0.385. The highest BCUT2D eigenvalue weighted by atomic mass is 79.9. The Labute approximate surface area is 130 Å². The Morgan fingerprint density at radius 3 is 2.62 bits per heavy atom. The van der Waals surface area contributed by atoms with Crippen LogP contribution in [0, 0.1) is 17.0 Å². The molecule has 5 nitrogen and oxygen atoms in total. The van der Waals surface area contributed by atoms with Crippen LogP contribution in [0.3, 0.4) is 0 Å². The zero-order chi connectivity index (χ0) is 15.4. The molecular formula is C15H14BrNO4. The second-order valence-corrected chi connectivity index (χ2v) is 5.37. The monoisotopic (exact) mass is 351 g/mol. The van der Waals surface area contributed by atoms with E-state index in [1.807, 2.05) is 18.2 Å². The van der Waals surface area contributed by atoms with Crippen LogP contribution in [0.15, 0.2) is 40.9 Å². The normalized spacial score (nSPS) is 10.2. The zero-order valence-corrected chi connectivity index (χ0v) is 13.2. The van der Waals surface area contributed by atoms with Crippen molar-refractivity contribution < 1.29 is 14.4 Å². The molecule has 2 rings (SSSR count). The topological polar surface area (TPSA) is 61.6 Å². The maximum atomic E-state index is 10.8. The van der Waals surface area contributed by atoms with Crippen molar-refractivity contribution in [2.45, 2.75) is 13.5 Å². The highest BCUT2D eigenvalue weighted by Gasteiger charge is 2.11. The molecular weight excluding hydrogens is 338 g/mol. The Kier molecular flexibility index (Phi) is 4.80. The third-order valence-corrected chi connectivity index (χ3v) is 3.49. The fraction of sp³-hybridized carbons (Fsp3) is 0.200. The molecule has 0 N–H and O–H groups in total. The summed E-state index contributed by atoms with van der Waals surface area (Å²) in [6.45, 7) is 2.00. The number of aryl methyl sites for hydroxylation is 1. The molecule has 0 aliphatic heterocycles. The van der Waals surface area contributed by atoms with Crippen LogP contribution in [-0.4, -0.2) is 12.0 Å². The van der Waals surface area contributed by atoms with Crippen molar-refractivity contribution in [2.75, 3.05) is 7.11 Å². The molecule has 0 aliphatic rings. The number of rotatable bonds is 5. The number of halogens is 1. The van der Waals surface area contributed by atoms with Crippen molar-refractivity contribution in [2.24, 2.45) is 0 Å². The van der Waals surface area contributed by atoms with Gasteiger partial charge in [-0.05, 0) is 37.3 Å². The maximum absolute atomic E-state index is 10.8. The van der Waals surface area contributed by atoms with Gasteiger partial charge in [-0.1, -0.05) is 15.9 Å². The smallest absolute Gasteiger partial charge is 0.272 e. The third-order valence-electron chi connectivity index (χ3n) is 3.00. The first-order valence-corrected chi connectivity index (χ1v) is 7.01. The van der Waals surface area contributed by atoms with Gasteiger partial charge in [-0.2, -0.15) is 0 Å². The quantitative estimate of drug-likeness (QED) is 0.596. The molecule has 0 unspecified atom stereocenters. The Morgan fingerprint density at radius 1 is 1.24 bits per heavy atom. The number of ether oxygens (including phenoxy) is 2. The van der Waals surface area contributed by atoms with Crippen molar-refractivity contribution >= 4 is 21.6 Å². The molecule has 0 bridgehead atoms. The number of nitrogens with zero attached hydrogens (tertiary/aromatic N) is 1. The van der Waals surface area contributed by atoms with E-state index in [-0.39, 0.29) is 5.69 Å². The Morgan fingerprint density at radius 2 is 2.00 bits per heavy atom. The van der Waals surface area contributed by atoms with Crippen LogP contribution in [0.4, 0.5) is 5.69 Å². The van der Waals surface area contributed by atoms with Crippen molar-refractivity contribution in [3.63, 3.8) is 0 Å². The Hall–Kier alpha value is -2.08. The van der Waals surface area contributed by atoms with Gasteiger partial charge in [0.1, 0.15) is 18.1 Å². The molecule has 0 heterocycles. The second kappa shape index (κ2) is 6.58. The number of nitro benzene ring substituents is 1. The maximum Gasteiger partial charge on any atom is 0.272 e. The van der Waals surface area contributed by atoms with E-state index in [9.17, 15) is 10.1 Å². The zero-order valence-electron chi connectivity index (χ0n) is 11.6. The van der Waals surface area contributed by atoms with E-state index < -0.39 is 4.92 Å². The molecule has 2 aromatic rings. The van der Waals surface area contributed by atoms with Crippen LogP contribution >= 0.6 is 15.9 Å². The number of hydrogen-bond acceptors (Lipinski definition) is 4. The summed E-state index contributed by atoms with van der Waals surface area (Å²) >= 11 is 3.40. The molecule has 0 saturated heterocycles. The van der Waals surface area contributed by atoms with Crippen LogP contribution in [0.5, 0.6) is 11.5 Å². The summed E-state index contributed by atoms with van der Waals surface area (Å²) in [6.07, 6.45) is 0. The number of methoxy groups -OCH3 is 1. The van der Waals surface area contributed by atoms with Gasteiger partial charge in [0.25, 0.3) is 5.69 Å². The van der Waals surface area contributed by atoms with Gasteiger partial charge in [0.15, 0.2) is 0 Å². The molecule has 0 aliphatic carbocycles. The SMILES string of the molecule is COc1ccc(Br)cc1COc1ccc([N+](=O)[O-])c(C)c1. The largest absolute Gasteiger partial charge is 0.496 e. The van der Waals surface area contributed by atoms with Gasteiger partial charge >= 0.3 is 0 Å². The van der Waals surface area contributed by atoms with E-state index in [0.29, 0.717) is 17.9 Å². The van der Waals surface area contributed by atoms with Gasteiger partial charge in [0, 0.05) is 21.7 Å². The summed E-state index contributed by atoms with van der Waals surface area (Å²) in [5, 5.41) is 10.8. The van der Waals surface area contributed by atoms with Crippen molar-refractivity contribution in [1.29, 1.82) is 0 Å². The van der Waals surface area contributed by atoms with Crippen LogP contribution in [0.2, 0.25) is 0 Å². The van der Waals surface area contributed by atoms with E-state index in [1.165, 1.54) is 6.07 Å². The standard InChI is InChI=1S/C15H14BrNO4/c1-10-7-13(4-5-14(10)17(18)19)21-9-11-8-12(16)3-6-15(11)20-2/h3-8H,9H2,1-2H3. The van der Waals surface area contributed by atoms with Gasteiger partial charge in [-0.3, -0.25) is 10.1 Å². The average Bonchev–Trinajstić information content (AvgIpc) is 2.45. The van der Waals surface area contributed by atoms with E-state index >= 15 is 0 Å². The van der Waals surface area contributed by atoms with Crippen LogP contribution < -0.4 is 9.47 Å². The summed E-state index contributed by atoms with van der Waals surface area (Å²) in [5.41, 5.74) is 1.55. The summed E-state index contributed by atoms with van der Waals surface area (Å²) in [6, 6.07) is 10.3. The minimum absolute atomic E-state index is 0.0855. The van der Waals surface area contributed by atoms with E-state index in [1.54, 1.807) is 26.2 Å². The van der Waals surface area contributed by atoms with Crippen LogP contribution in [-0.2, 0) is 6.61 Å². The molecule has 0 saturated carbocycles. The lowest BCUT2D eigenvalue weighted by Gasteiger charge is -2.11. The highest BCUT2D eigenvalue weighted by molar-refractivity contribution is 9.10. The summed E-state index contributed by atoms with van der Waals surface area (Å²) in [7, 11) is 1.60. The van der Waals surface area contributed by atoms with Crippen molar-refractivity contribution in [1.82, 2.24) is 0 Å². The van der Waals surface area contributed by atoms with E-state index in [4.69, 9.17) is 9.47 Å². The first-order valence-electron chi connectivity index (χ1n) is 6.21. The molecule has 0 aromatic heterocycles. The Balaban J connectivity index is 2.15. The molecule has 0 radical (unpaired) electrons. The lowest BCUT2D eigenvalue weighted by Crippen LogP contribution is -1.99. The molecule has 0 atom stereocenters. The Bertz CT molecular complexity index is 673. The molecule has 110 valence electrons. The summed E-state index contributed by atoms with van der Waals surface area (Å²) < 4.78 is 11.9. The molecule has 2 aromatic carbocycles. The number of hydrogen-bond donors (Lipinski definition) is 0.